The average Bonchev–Trinajstić information content (AvgIpc) is 2.05. The summed E-state index contributed by atoms with van der Waals surface area (Å²) in [5.74, 6) is 0.863. The number of hydrogen-bond donors (Lipinski definition) is 0. The van der Waals surface area contributed by atoms with E-state index < -0.39 is 0 Å². The van der Waals surface area contributed by atoms with Gasteiger partial charge in [-0.05, 0) is 24.5 Å². The summed E-state index contributed by atoms with van der Waals surface area (Å²) in [6.07, 6.45) is 2.69. The van der Waals surface area contributed by atoms with E-state index >= 15 is 0 Å². The highest BCUT2D eigenvalue weighted by Gasteiger charge is 2.02. The van der Waals surface area contributed by atoms with E-state index in [0.29, 0.717) is 0 Å². The summed E-state index contributed by atoms with van der Waals surface area (Å²) in [5.41, 5.74) is 2.06. The molecule has 11 heavy (non-hydrogen) atoms. The summed E-state index contributed by atoms with van der Waals surface area (Å²) in [4.78, 5) is 0. The lowest BCUT2D eigenvalue weighted by atomic mass is 10.1. The summed E-state index contributed by atoms with van der Waals surface area (Å²) in [6.45, 7) is 11.6. The molecule has 0 amide bonds. The number of hydrogen-bond acceptors (Lipinski definition) is 1. The Bertz CT molecular complexity index is 187. The molecule has 1 heteroatoms. The summed E-state index contributed by atoms with van der Waals surface area (Å²) in [5, 5.41) is 0. The Hall–Kier alpha value is -0.980. The van der Waals surface area contributed by atoms with Gasteiger partial charge in [-0.15, -0.1) is 0 Å². The van der Waals surface area contributed by atoms with E-state index in [4.69, 9.17) is 4.74 Å². The van der Waals surface area contributed by atoms with Crippen molar-refractivity contribution in [1.29, 1.82) is 0 Å². The molecule has 0 N–H and O–H groups in total. The molecule has 0 radical (unpaired) electrons. The summed E-state index contributed by atoms with van der Waals surface area (Å²) in [6, 6.07) is 0. The second-order valence-electron chi connectivity index (χ2n) is 2.38. The Morgan fingerprint density at radius 2 is 2.09 bits per heavy atom. The van der Waals surface area contributed by atoms with Gasteiger partial charge in [0.05, 0.1) is 7.11 Å². The van der Waals surface area contributed by atoms with Crippen LogP contribution in [-0.2, 0) is 4.74 Å². The predicted octanol–water partition coefficient (Wildman–Crippen LogP) is 3.06. The molecule has 1 nitrogen and oxygen atoms in total. The first kappa shape index (κ1) is 10.0. The molecule has 0 aromatic heterocycles. The first-order valence-electron chi connectivity index (χ1n) is 3.72. The SMILES string of the molecule is C=C/C(C)=C(/OC)C(=C)CC. The Morgan fingerprint density at radius 3 is 2.36 bits per heavy atom. The van der Waals surface area contributed by atoms with Crippen LogP contribution in [0.3, 0.4) is 0 Å². The highest BCUT2D eigenvalue weighted by atomic mass is 16.5. The van der Waals surface area contributed by atoms with Gasteiger partial charge in [0.1, 0.15) is 5.76 Å². The molecule has 0 aromatic carbocycles. The minimum atomic E-state index is 0.863. The normalized spacial score (nSPS) is 11.9. The molecule has 0 fully saturated rings. The van der Waals surface area contributed by atoms with E-state index in [-0.39, 0.29) is 0 Å². The first-order chi connectivity index (χ1) is 5.17. The van der Waals surface area contributed by atoms with Crippen molar-refractivity contribution in [2.24, 2.45) is 0 Å². The number of rotatable bonds is 4. The quantitative estimate of drug-likeness (QED) is 0.444. The molecular formula is C10H16O. The van der Waals surface area contributed by atoms with Crippen LogP contribution in [0.4, 0.5) is 0 Å². The molecule has 0 unspecified atom stereocenters. The van der Waals surface area contributed by atoms with Gasteiger partial charge < -0.3 is 4.74 Å². The van der Waals surface area contributed by atoms with Crippen molar-refractivity contribution < 1.29 is 4.74 Å². The molecular weight excluding hydrogens is 136 g/mol. The maximum atomic E-state index is 5.16. The zero-order chi connectivity index (χ0) is 8.85. The molecule has 62 valence electrons. The fourth-order valence-corrected chi connectivity index (χ4v) is 0.837. The molecule has 0 aliphatic rings. The van der Waals surface area contributed by atoms with E-state index in [0.717, 1.165) is 23.3 Å². The van der Waals surface area contributed by atoms with E-state index in [9.17, 15) is 0 Å². The second-order valence-corrected chi connectivity index (χ2v) is 2.38. The zero-order valence-electron chi connectivity index (χ0n) is 7.61. The van der Waals surface area contributed by atoms with E-state index in [1.807, 2.05) is 6.92 Å². The minimum absolute atomic E-state index is 0.863. The van der Waals surface area contributed by atoms with Crippen LogP contribution in [0.2, 0.25) is 0 Å². The highest BCUT2D eigenvalue weighted by Crippen LogP contribution is 2.16. The predicted molar refractivity (Wildman–Crippen MR) is 49.3 cm³/mol. The van der Waals surface area contributed by atoms with Crippen molar-refractivity contribution in [2.75, 3.05) is 7.11 Å². The maximum Gasteiger partial charge on any atom is 0.124 e. The molecule has 0 atom stereocenters. The number of ether oxygens (including phenoxy) is 1. The molecule has 0 aliphatic heterocycles. The minimum Gasteiger partial charge on any atom is -0.496 e. The van der Waals surface area contributed by atoms with Crippen LogP contribution in [0, 0.1) is 0 Å². The van der Waals surface area contributed by atoms with Crippen molar-refractivity contribution >= 4 is 0 Å². The van der Waals surface area contributed by atoms with Crippen molar-refractivity contribution in [3.63, 3.8) is 0 Å². The summed E-state index contributed by atoms with van der Waals surface area (Å²) in [7, 11) is 1.66. The lowest BCUT2D eigenvalue weighted by molar-refractivity contribution is 0.296. The third kappa shape index (κ3) is 2.62. The van der Waals surface area contributed by atoms with Gasteiger partial charge in [0, 0.05) is 0 Å². The van der Waals surface area contributed by atoms with Crippen LogP contribution in [-0.4, -0.2) is 7.11 Å². The fourth-order valence-electron chi connectivity index (χ4n) is 0.837. The topological polar surface area (TPSA) is 9.23 Å². The third-order valence-electron chi connectivity index (χ3n) is 1.62. The van der Waals surface area contributed by atoms with Crippen LogP contribution in [0.15, 0.2) is 36.1 Å². The zero-order valence-corrected chi connectivity index (χ0v) is 7.61. The van der Waals surface area contributed by atoms with Gasteiger partial charge in [0.25, 0.3) is 0 Å². The van der Waals surface area contributed by atoms with Crippen molar-refractivity contribution in [3.05, 3.63) is 36.1 Å². The lowest BCUT2D eigenvalue weighted by Gasteiger charge is -2.09. The molecule has 0 heterocycles. The fraction of sp³-hybridized carbons (Fsp3) is 0.400. The van der Waals surface area contributed by atoms with E-state index in [2.05, 4.69) is 20.1 Å². The lowest BCUT2D eigenvalue weighted by Crippen LogP contribution is -1.93. The smallest absolute Gasteiger partial charge is 0.124 e. The van der Waals surface area contributed by atoms with Gasteiger partial charge in [-0.25, -0.2) is 0 Å². The standard InChI is InChI=1S/C10H16O/c1-6-8(3)10(11-5)9(4)7-2/h6H,1,4,7H2,2-3,5H3/b10-8+. The average molecular weight is 152 g/mol. The van der Waals surface area contributed by atoms with Crippen molar-refractivity contribution in [1.82, 2.24) is 0 Å². The van der Waals surface area contributed by atoms with Gasteiger partial charge in [0.2, 0.25) is 0 Å². The van der Waals surface area contributed by atoms with Crippen molar-refractivity contribution in [3.8, 4) is 0 Å². The van der Waals surface area contributed by atoms with Crippen LogP contribution in [0.25, 0.3) is 0 Å². The Balaban J connectivity index is 4.64. The second kappa shape index (κ2) is 4.78. The maximum absolute atomic E-state index is 5.16. The number of allylic oxidation sites excluding steroid dienone is 3. The molecule has 0 bridgehead atoms. The van der Waals surface area contributed by atoms with Gasteiger partial charge in [-0.1, -0.05) is 26.2 Å². The van der Waals surface area contributed by atoms with Crippen LogP contribution in [0.1, 0.15) is 20.3 Å². The number of methoxy groups -OCH3 is 1. The van der Waals surface area contributed by atoms with Crippen molar-refractivity contribution in [2.45, 2.75) is 20.3 Å². The molecule has 0 aromatic rings. The summed E-state index contributed by atoms with van der Waals surface area (Å²) < 4.78 is 5.16. The highest BCUT2D eigenvalue weighted by molar-refractivity contribution is 5.32. The molecule has 0 spiro atoms. The monoisotopic (exact) mass is 152 g/mol. The van der Waals surface area contributed by atoms with Gasteiger partial charge >= 0.3 is 0 Å². The van der Waals surface area contributed by atoms with Gasteiger partial charge in [-0.3, -0.25) is 0 Å². The molecule has 0 saturated heterocycles. The third-order valence-corrected chi connectivity index (χ3v) is 1.62. The van der Waals surface area contributed by atoms with E-state index in [1.165, 1.54) is 0 Å². The van der Waals surface area contributed by atoms with E-state index in [1.54, 1.807) is 13.2 Å². The Morgan fingerprint density at radius 1 is 1.55 bits per heavy atom. The largest absolute Gasteiger partial charge is 0.496 e. The van der Waals surface area contributed by atoms with Gasteiger partial charge in [-0.2, -0.15) is 0 Å². The van der Waals surface area contributed by atoms with Crippen LogP contribution >= 0.6 is 0 Å². The first-order valence-corrected chi connectivity index (χ1v) is 3.72. The molecule has 0 aliphatic carbocycles. The van der Waals surface area contributed by atoms with Crippen LogP contribution in [0.5, 0.6) is 0 Å². The Kier molecular flexibility index (Phi) is 4.35. The van der Waals surface area contributed by atoms with Gasteiger partial charge in [0.15, 0.2) is 0 Å². The summed E-state index contributed by atoms with van der Waals surface area (Å²) >= 11 is 0. The van der Waals surface area contributed by atoms with Crippen LogP contribution < -0.4 is 0 Å². The molecule has 0 saturated carbocycles. The molecule has 0 rings (SSSR count). The Labute approximate surface area is 69.1 Å².